The molecule has 1 aromatic carbocycles. The molecular formula is C15H19FN2O2. The van der Waals surface area contributed by atoms with Crippen molar-refractivity contribution in [2.24, 2.45) is 0 Å². The van der Waals surface area contributed by atoms with Crippen LogP contribution in [0.1, 0.15) is 17.5 Å². The largest absolute Gasteiger partial charge is 0.383 e. The molecule has 0 N–H and O–H groups in total. The average molecular weight is 278 g/mol. The Morgan fingerprint density at radius 2 is 2.25 bits per heavy atom. The highest BCUT2D eigenvalue weighted by atomic mass is 19.1. The van der Waals surface area contributed by atoms with E-state index < -0.39 is 5.82 Å². The van der Waals surface area contributed by atoms with Crippen LogP contribution in [-0.2, 0) is 16.0 Å². The summed E-state index contributed by atoms with van der Waals surface area (Å²) in [6, 6.07) is 6.87. The van der Waals surface area contributed by atoms with E-state index in [9.17, 15) is 4.39 Å². The van der Waals surface area contributed by atoms with Crippen LogP contribution in [0.3, 0.4) is 0 Å². The molecule has 0 aliphatic carbocycles. The highest BCUT2D eigenvalue weighted by Gasteiger charge is 2.31. The second-order valence-electron chi connectivity index (χ2n) is 5.06. The summed E-state index contributed by atoms with van der Waals surface area (Å²) in [5.74, 6) is -0.462. The summed E-state index contributed by atoms with van der Waals surface area (Å²) in [5.41, 5.74) is 0.942. The highest BCUT2D eigenvalue weighted by Crippen LogP contribution is 2.23. The monoisotopic (exact) mass is 278 g/mol. The molecule has 0 radical (unpaired) electrons. The molecule has 0 bridgehead atoms. The summed E-state index contributed by atoms with van der Waals surface area (Å²) < 4.78 is 24.3. The van der Waals surface area contributed by atoms with E-state index in [0.717, 1.165) is 18.5 Å². The lowest BCUT2D eigenvalue weighted by atomic mass is 10.1. The molecule has 0 saturated carbocycles. The Morgan fingerprint density at radius 1 is 1.45 bits per heavy atom. The van der Waals surface area contributed by atoms with Gasteiger partial charge >= 0.3 is 0 Å². The van der Waals surface area contributed by atoms with Crippen molar-refractivity contribution in [3.05, 3.63) is 35.1 Å². The fourth-order valence-electron chi connectivity index (χ4n) is 2.65. The van der Waals surface area contributed by atoms with Gasteiger partial charge in [-0.25, -0.2) is 4.39 Å². The summed E-state index contributed by atoms with van der Waals surface area (Å²) >= 11 is 0. The number of likely N-dealkylation sites (tertiary alicyclic amines) is 1. The van der Waals surface area contributed by atoms with Gasteiger partial charge in [0.25, 0.3) is 0 Å². The topological polar surface area (TPSA) is 45.5 Å². The lowest BCUT2D eigenvalue weighted by Crippen LogP contribution is -2.32. The fourth-order valence-corrected chi connectivity index (χ4v) is 2.65. The Morgan fingerprint density at radius 3 is 2.85 bits per heavy atom. The van der Waals surface area contributed by atoms with E-state index >= 15 is 0 Å². The third kappa shape index (κ3) is 3.34. The third-order valence-corrected chi connectivity index (χ3v) is 3.72. The number of halogens is 1. The van der Waals surface area contributed by atoms with E-state index in [-0.39, 0.29) is 17.7 Å². The molecule has 1 aromatic rings. The van der Waals surface area contributed by atoms with Crippen molar-refractivity contribution in [1.29, 1.82) is 5.26 Å². The summed E-state index contributed by atoms with van der Waals surface area (Å²) in [7, 11) is 3.39. The molecule has 20 heavy (non-hydrogen) atoms. The van der Waals surface area contributed by atoms with Crippen LogP contribution >= 0.6 is 0 Å². The van der Waals surface area contributed by atoms with Gasteiger partial charge in [-0.15, -0.1) is 0 Å². The molecule has 0 aromatic heterocycles. The lowest BCUT2D eigenvalue weighted by molar-refractivity contribution is 0.106. The number of hydrogen-bond donors (Lipinski definition) is 0. The zero-order valence-corrected chi connectivity index (χ0v) is 11.8. The van der Waals surface area contributed by atoms with Crippen LogP contribution in [0.25, 0.3) is 0 Å². The fraction of sp³-hybridized carbons (Fsp3) is 0.533. The first-order chi connectivity index (χ1) is 9.67. The number of hydrogen-bond acceptors (Lipinski definition) is 4. The van der Waals surface area contributed by atoms with Gasteiger partial charge in [-0.2, -0.15) is 5.26 Å². The van der Waals surface area contributed by atoms with Gasteiger partial charge in [0.1, 0.15) is 11.9 Å². The van der Waals surface area contributed by atoms with E-state index in [2.05, 4.69) is 4.90 Å². The molecule has 0 amide bonds. The van der Waals surface area contributed by atoms with Crippen molar-refractivity contribution in [1.82, 2.24) is 4.90 Å². The first-order valence-electron chi connectivity index (χ1n) is 6.62. The summed E-state index contributed by atoms with van der Waals surface area (Å²) in [6.07, 6.45) is 1.11. The number of nitriles is 1. The summed E-state index contributed by atoms with van der Waals surface area (Å²) in [5, 5.41) is 8.74. The van der Waals surface area contributed by atoms with E-state index in [1.165, 1.54) is 12.1 Å². The molecule has 1 fully saturated rings. The molecule has 108 valence electrons. The van der Waals surface area contributed by atoms with Crippen LogP contribution in [0.5, 0.6) is 0 Å². The van der Waals surface area contributed by atoms with Gasteiger partial charge in [0.2, 0.25) is 0 Å². The zero-order chi connectivity index (χ0) is 14.5. The van der Waals surface area contributed by atoms with Gasteiger partial charge < -0.3 is 9.47 Å². The standard InChI is InChI=1S/C15H19FN2O2/c1-19-10-13-6-14(20-2)9-18(13)8-11-3-4-12(7-17)15(16)5-11/h3-5,13-14H,6,8-10H2,1-2H3/t13-,14-/m0/s1. The van der Waals surface area contributed by atoms with E-state index in [1.54, 1.807) is 20.3 Å². The van der Waals surface area contributed by atoms with Crippen molar-refractivity contribution in [3.63, 3.8) is 0 Å². The van der Waals surface area contributed by atoms with Gasteiger partial charge in [-0.1, -0.05) is 6.07 Å². The van der Waals surface area contributed by atoms with Crippen LogP contribution in [0.15, 0.2) is 18.2 Å². The van der Waals surface area contributed by atoms with Gasteiger partial charge in [-0.05, 0) is 24.1 Å². The first-order valence-corrected chi connectivity index (χ1v) is 6.62. The quantitative estimate of drug-likeness (QED) is 0.825. The van der Waals surface area contributed by atoms with E-state index in [1.807, 2.05) is 6.07 Å². The lowest BCUT2D eigenvalue weighted by Gasteiger charge is -2.23. The van der Waals surface area contributed by atoms with Crippen LogP contribution in [0.4, 0.5) is 4.39 Å². The molecule has 1 heterocycles. The molecule has 4 nitrogen and oxygen atoms in total. The Hall–Kier alpha value is -1.48. The molecule has 1 saturated heterocycles. The Bertz CT molecular complexity index is 501. The third-order valence-electron chi connectivity index (χ3n) is 3.72. The Balaban J connectivity index is 2.08. The van der Waals surface area contributed by atoms with Gasteiger partial charge in [0.05, 0.1) is 18.3 Å². The molecule has 0 unspecified atom stereocenters. The first kappa shape index (κ1) is 14.9. The predicted molar refractivity (Wildman–Crippen MR) is 72.6 cm³/mol. The molecule has 0 spiro atoms. The molecule has 1 aliphatic rings. The van der Waals surface area contributed by atoms with Crippen LogP contribution < -0.4 is 0 Å². The van der Waals surface area contributed by atoms with Gasteiger partial charge in [0, 0.05) is 33.4 Å². The summed E-state index contributed by atoms with van der Waals surface area (Å²) in [4.78, 5) is 2.23. The molecular weight excluding hydrogens is 259 g/mol. The predicted octanol–water partition coefficient (Wildman–Crippen LogP) is 1.93. The minimum atomic E-state index is -0.462. The molecule has 1 aliphatic heterocycles. The van der Waals surface area contributed by atoms with Crippen LogP contribution in [0.2, 0.25) is 0 Å². The Labute approximate surface area is 118 Å². The minimum absolute atomic E-state index is 0.0818. The van der Waals surface area contributed by atoms with Crippen molar-refractivity contribution in [3.8, 4) is 6.07 Å². The SMILES string of the molecule is COC[C@@H]1C[C@H](OC)CN1Cc1ccc(C#N)c(F)c1. The van der Waals surface area contributed by atoms with Crippen molar-refractivity contribution in [2.75, 3.05) is 27.4 Å². The maximum Gasteiger partial charge on any atom is 0.141 e. The van der Waals surface area contributed by atoms with Crippen LogP contribution in [-0.4, -0.2) is 44.4 Å². The van der Waals surface area contributed by atoms with E-state index in [4.69, 9.17) is 14.7 Å². The number of methoxy groups -OCH3 is 2. The maximum atomic E-state index is 13.6. The van der Waals surface area contributed by atoms with E-state index in [0.29, 0.717) is 13.2 Å². The second kappa shape index (κ2) is 6.80. The summed E-state index contributed by atoms with van der Waals surface area (Å²) in [6.45, 7) is 2.08. The minimum Gasteiger partial charge on any atom is -0.383 e. The molecule has 2 atom stereocenters. The smallest absolute Gasteiger partial charge is 0.141 e. The second-order valence-corrected chi connectivity index (χ2v) is 5.06. The highest BCUT2D eigenvalue weighted by molar-refractivity contribution is 5.33. The molecule has 2 rings (SSSR count). The number of benzene rings is 1. The number of nitrogens with zero attached hydrogens (tertiary/aromatic N) is 2. The molecule has 5 heteroatoms. The van der Waals surface area contributed by atoms with Crippen molar-refractivity contribution in [2.45, 2.75) is 25.1 Å². The van der Waals surface area contributed by atoms with Crippen molar-refractivity contribution >= 4 is 0 Å². The maximum absolute atomic E-state index is 13.6. The van der Waals surface area contributed by atoms with Gasteiger partial charge in [-0.3, -0.25) is 4.90 Å². The van der Waals surface area contributed by atoms with Gasteiger partial charge in [0.15, 0.2) is 0 Å². The number of ether oxygens (including phenoxy) is 2. The van der Waals surface area contributed by atoms with Crippen molar-refractivity contribution < 1.29 is 13.9 Å². The Kier molecular flexibility index (Phi) is 5.07. The zero-order valence-electron chi connectivity index (χ0n) is 11.8. The number of rotatable bonds is 5. The average Bonchev–Trinajstić information content (AvgIpc) is 2.82. The normalized spacial score (nSPS) is 22.9. The van der Waals surface area contributed by atoms with Crippen LogP contribution in [0, 0.1) is 17.1 Å².